The van der Waals surface area contributed by atoms with E-state index in [1.807, 2.05) is 0 Å². The van der Waals surface area contributed by atoms with Crippen LogP contribution in [0.2, 0.25) is 0 Å². The van der Waals surface area contributed by atoms with Crippen LogP contribution in [0.1, 0.15) is 21.8 Å². The molecule has 3 aromatic rings. The van der Waals surface area contributed by atoms with E-state index < -0.39 is 53.1 Å². The third kappa shape index (κ3) is 5.13. The van der Waals surface area contributed by atoms with Crippen LogP contribution in [-0.4, -0.2) is 42.7 Å². The summed E-state index contributed by atoms with van der Waals surface area (Å²) in [6.07, 6.45) is 1.48. The van der Waals surface area contributed by atoms with Crippen molar-refractivity contribution in [3.8, 4) is 11.5 Å². The molecule has 1 aliphatic rings. The maximum Gasteiger partial charge on any atom is 0.387 e. The van der Waals surface area contributed by atoms with E-state index in [0.717, 1.165) is 29.2 Å². The molecular formula is C25H21F4N3O5. The molecule has 1 N–H and O–H groups in total. The average molecular weight is 519 g/mol. The van der Waals surface area contributed by atoms with Gasteiger partial charge >= 0.3 is 6.61 Å². The number of nitrogens with one attached hydrogen (secondary N) is 1. The maximum atomic E-state index is 15.0. The highest BCUT2D eigenvalue weighted by Crippen LogP contribution is 2.36. The summed E-state index contributed by atoms with van der Waals surface area (Å²) in [5.74, 6) is -5.03. The van der Waals surface area contributed by atoms with Gasteiger partial charge in [-0.05, 0) is 36.4 Å². The van der Waals surface area contributed by atoms with E-state index in [1.54, 1.807) is 0 Å². The number of nitrogens with zero attached hydrogens (tertiary/aromatic N) is 2. The van der Waals surface area contributed by atoms with E-state index in [4.69, 9.17) is 4.74 Å². The van der Waals surface area contributed by atoms with E-state index in [-0.39, 0.29) is 29.3 Å². The Kier molecular flexibility index (Phi) is 7.18. The number of hydrogen-bond donors (Lipinski definition) is 1. The predicted molar refractivity (Wildman–Crippen MR) is 124 cm³/mol. The maximum absolute atomic E-state index is 15.0. The molecule has 8 nitrogen and oxygen atoms in total. The van der Waals surface area contributed by atoms with E-state index >= 15 is 8.78 Å². The number of carbonyl (C=O) groups excluding carboxylic acids is 2. The first-order chi connectivity index (χ1) is 17.6. The highest BCUT2D eigenvalue weighted by molar-refractivity contribution is 6.05. The first kappa shape index (κ1) is 25.7. The number of ether oxygens (including phenoxy) is 2. The van der Waals surface area contributed by atoms with Gasteiger partial charge in [0.05, 0.1) is 7.11 Å². The van der Waals surface area contributed by atoms with Gasteiger partial charge < -0.3 is 24.3 Å². The summed E-state index contributed by atoms with van der Waals surface area (Å²) in [5.41, 5.74) is -1.03. The molecular weight excluding hydrogens is 498 g/mol. The Morgan fingerprint density at radius 1 is 1.05 bits per heavy atom. The number of methoxy groups -OCH3 is 1. The van der Waals surface area contributed by atoms with E-state index in [0.29, 0.717) is 0 Å². The Morgan fingerprint density at radius 3 is 2.30 bits per heavy atom. The Morgan fingerprint density at radius 2 is 1.70 bits per heavy atom. The minimum Gasteiger partial charge on any atom is -0.497 e. The lowest BCUT2D eigenvalue weighted by Crippen LogP contribution is -2.44. The van der Waals surface area contributed by atoms with Crippen LogP contribution in [0.3, 0.4) is 0 Å². The molecule has 0 aliphatic carbocycles. The molecule has 0 saturated carbocycles. The molecule has 37 heavy (non-hydrogen) atoms. The van der Waals surface area contributed by atoms with Crippen LogP contribution in [0.5, 0.6) is 11.5 Å². The molecule has 2 amide bonds. The number of pyridine rings is 1. The van der Waals surface area contributed by atoms with Crippen LogP contribution >= 0.6 is 0 Å². The second-order valence-electron chi connectivity index (χ2n) is 8.22. The largest absolute Gasteiger partial charge is 0.497 e. The molecule has 1 aliphatic heterocycles. The molecule has 0 unspecified atom stereocenters. The second-order valence-corrected chi connectivity index (χ2v) is 8.22. The Labute approximate surface area is 208 Å². The molecule has 4 rings (SSSR count). The zero-order valence-corrected chi connectivity index (χ0v) is 19.6. The molecule has 12 heteroatoms. The van der Waals surface area contributed by atoms with Crippen molar-refractivity contribution in [1.29, 1.82) is 0 Å². The first-order valence-electron chi connectivity index (χ1n) is 11.0. The van der Waals surface area contributed by atoms with Crippen LogP contribution < -0.4 is 25.2 Å². The van der Waals surface area contributed by atoms with Crippen LogP contribution in [-0.2, 0) is 11.8 Å². The lowest BCUT2D eigenvalue weighted by atomic mass is 9.92. The predicted octanol–water partition coefficient (Wildman–Crippen LogP) is 3.20. The fourth-order valence-electron chi connectivity index (χ4n) is 4.20. The van der Waals surface area contributed by atoms with Crippen molar-refractivity contribution in [2.75, 3.05) is 18.6 Å². The van der Waals surface area contributed by atoms with Gasteiger partial charge in [-0.1, -0.05) is 0 Å². The van der Waals surface area contributed by atoms with Crippen molar-refractivity contribution in [3.05, 3.63) is 87.8 Å². The van der Waals surface area contributed by atoms with Crippen molar-refractivity contribution in [3.63, 3.8) is 0 Å². The van der Waals surface area contributed by atoms with Gasteiger partial charge in [-0.15, -0.1) is 0 Å². The van der Waals surface area contributed by atoms with Gasteiger partial charge in [0.1, 0.15) is 34.9 Å². The number of hydrogen-bond acceptors (Lipinski definition) is 5. The number of rotatable bonds is 7. The molecule has 1 saturated heterocycles. The van der Waals surface area contributed by atoms with Crippen molar-refractivity contribution in [2.45, 2.75) is 18.6 Å². The van der Waals surface area contributed by atoms with Gasteiger partial charge in [0.25, 0.3) is 11.5 Å². The van der Waals surface area contributed by atoms with Crippen LogP contribution in [0, 0.1) is 11.6 Å². The highest BCUT2D eigenvalue weighted by atomic mass is 19.3. The Bertz CT molecular complexity index is 1370. The first-order valence-corrected chi connectivity index (χ1v) is 11.0. The number of benzene rings is 2. The number of aromatic nitrogens is 1. The standard InChI is InChI=1S/C25H21F4N3O5/c1-31-9-3-4-19(23(31)34)32-12-16(20-17(26)10-15(36-2)11-18(20)27)21(24(32)35)30-22(33)13-5-7-14(8-6-13)37-25(28)29/h3-11,16,21,25H,12H2,1-2H3,(H,30,33)/t16-,21-/m0/s1. The van der Waals surface area contributed by atoms with Crippen molar-refractivity contribution in [2.24, 2.45) is 7.05 Å². The summed E-state index contributed by atoms with van der Waals surface area (Å²) in [6.45, 7) is -3.35. The summed E-state index contributed by atoms with van der Waals surface area (Å²) < 4.78 is 65.2. The van der Waals surface area contributed by atoms with Crippen LogP contribution in [0.15, 0.2) is 59.5 Å². The van der Waals surface area contributed by atoms with Crippen LogP contribution in [0.25, 0.3) is 0 Å². The fourth-order valence-corrected chi connectivity index (χ4v) is 4.20. The summed E-state index contributed by atoms with van der Waals surface area (Å²) in [5, 5.41) is 2.48. The summed E-state index contributed by atoms with van der Waals surface area (Å²) >= 11 is 0. The fraction of sp³-hybridized carbons (Fsp3) is 0.240. The summed E-state index contributed by atoms with van der Waals surface area (Å²) in [4.78, 5) is 40.1. The van der Waals surface area contributed by atoms with E-state index in [2.05, 4.69) is 10.1 Å². The minimum atomic E-state index is -3.05. The molecule has 0 spiro atoms. The average Bonchev–Trinajstić information content (AvgIpc) is 3.15. The topological polar surface area (TPSA) is 89.9 Å². The molecule has 1 fully saturated rings. The zero-order chi connectivity index (χ0) is 26.9. The second kappa shape index (κ2) is 10.3. The number of aryl methyl sites for hydroxylation is 1. The van der Waals surface area contributed by atoms with E-state index in [1.165, 1.54) is 49.2 Å². The molecule has 2 aromatic carbocycles. The SMILES string of the molecule is COc1cc(F)c([C@@H]2CN(c3cccn(C)c3=O)C(=O)[C@H]2NC(=O)c2ccc(OC(F)F)cc2)c(F)c1. The minimum absolute atomic E-state index is 0.0158. The molecule has 194 valence electrons. The molecule has 2 heterocycles. The van der Waals surface area contributed by atoms with Gasteiger partial charge in [0, 0.05) is 49.0 Å². The van der Waals surface area contributed by atoms with Crippen molar-refractivity contribution >= 4 is 17.5 Å². The monoisotopic (exact) mass is 519 g/mol. The molecule has 0 bridgehead atoms. The lowest BCUT2D eigenvalue weighted by Gasteiger charge is -2.20. The number of amides is 2. The number of halogens is 4. The van der Waals surface area contributed by atoms with Crippen molar-refractivity contribution < 1.29 is 36.6 Å². The normalized spacial score (nSPS) is 17.3. The Hall–Kier alpha value is -4.35. The number of carbonyl (C=O) groups is 2. The van der Waals surface area contributed by atoms with E-state index in [9.17, 15) is 23.2 Å². The molecule has 2 atom stereocenters. The van der Waals surface area contributed by atoms with Gasteiger partial charge in [0.15, 0.2) is 0 Å². The number of alkyl halides is 2. The summed E-state index contributed by atoms with van der Waals surface area (Å²) in [7, 11) is 2.72. The van der Waals surface area contributed by atoms with Gasteiger partial charge in [-0.2, -0.15) is 8.78 Å². The van der Waals surface area contributed by atoms with Gasteiger partial charge in [-0.25, -0.2) is 8.78 Å². The zero-order valence-electron chi connectivity index (χ0n) is 19.6. The van der Waals surface area contributed by atoms with Crippen LogP contribution in [0.4, 0.5) is 23.2 Å². The quantitative estimate of drug-likeness (QED) is 0.485. The van der Waals surface area contributed by atoms with Crippen molar-refractivity contribution in [1.82, 2.24) is 9.88 Å². The third-order valence-electron chi connectivity index (χ3n) is 6.00. The molecule has 1 aromatic heterocycles. The molecule has 0 radical (unpaired) electrons. The van der Waals surface area contributed by atoms with Gasteiger partial charge in [0.2, 0.25) is 5.91 Å². The summed E-state index contributed by atoms with van der Waals surface area (Å²) in [6, 6.07) is 8.04. The lowest BCUT2D eigenvalue weighted by molar-refractivity contribution is -0.118. The number of anilines is 1. The smallest absolute Gasteiger partial charge is 0.387 e. The Balaban J connectivity index is 1.71. The third-order valence-corrected chi connectivity index (χ3v) is 6.00. The van der Waals surface area contributed by atoms with Gasteiger partial charge in [-0.3, -0.25) is 14.4 Å². The highest BCUT2D eigenvalue weighted by Gasteiger charge is 2.45.